The van der Waals surface area contributed by atoms with E-state index in [1.807, 2.05) is 6.92 Å². The molecule has 0 aliphatic heterocycles. The van der Waals surface area contributed by atoms with Crippen molar-refractivity contribution in [3.8, 4) is 5.75 Å². The quantitative estimate of drug-likeness (QED) is 0.740. The number of halogens is 1. The van der Waals surface area contributed by atoms with E-state index in [4.69, 9.17) is 9.84 Å². The number of ether oxygens (including phenoxy) is 1. The minimum atomic E-state index is -1.05. The number of methoxy groups -OCH3 is 1. The van der Waals surface area contributed by atoms with E-state index in [0.29, 0.717) is 24.3 Å². The van der Waals surface area contributed by atoms with Crippen LogP contribution in [0.1, 0.15) is 19.8 Å². The van der Waals surface area contributed by atoms with Gasteiger partial charge in [-0.1, -0.05) is 13.3 Å². The summed E-state index contributed by atoms with van der Waals surface area (Å²) in [6, 6.07) is 3.60. The Morgan fingerprint density at radius 3 is 2.70 bits per heavy atom. The fraction of sp³-hybridized carbons (Fsp3) is 0.385. The maximum Gasteiger partial charge on any atom is 0.326 e. The summed E-state index contributed by atoms with van der Waals surface area (Å²) in [6.07, 6.45) is 1.05. The van der Waals surface area contributed by atoms with Crippen LogP contribution >= 0.6 is 15.9 Å². The third-order valence-corrected chi connectivity index (χ3v) is 3.24. The number of amides is 2. The van der Waals surface area contributed by atoms with Gasteiger partial charge < -0.3 is 20.5 Å². The van der Waals surface area contributed by atoms with Crippen molar-refractivity contribution in [1.29, 1.82) is 0 Å². The van der Waals surface area contributed by atoms with Crippen LogP contribution in [0.5, 0.6) is 5.75 Å². The van der Waals surface area contributed by atoms with E-state index >= 15 is 0 Å². The van der Waals surface area contributed by atoms with Gasteiger partial charge in [-0.3, -0.25) is 0 Å². The second-order valence-electron chi connectivity index (χ2n) is 4.13. The summed E-state index contributed by atoms with van der Waals surface area (Å²) in [7, 11) is 1.52. The molecule has 0 aromatic heterocycles. The lowest BCUT2D eigenvalue weighted by molar-refractivity contribution is -0.139. The number of carboxylic acid groups (broad SMARTS) is 1. The first kappa shape index (κ1) is 16.3. The Balaban J connectivity index is 2.68. The van der Waals surface area contributed by atoms with Crippen LogP contribution in [0.25, 0.3) is 0 Å². The van der Waals surface area contributed by atoms with Crippen LogP contribution in [0.3, 0.4) is 0 Å². The number of rotatable bonds is 6. The molecule has 0 fully saturated rings. The second-order valence-corrected chi connectivity index (χ2v) is 4.98. The van der Waals surface area contributed by atoms with Gasteiger partial charge in [0.05, 0.1) is 11.6 Å². The molecule has 2 amide bonds. The van der Waals surface area contributed by atoms with E-state index in [1.54, 1.807) is 18.2 Å². The van der Waals surface area contributed by atoms with Crippen molar-refractivity contribution in [2.75, 3.05) is 12.4 Å². The molecule has 1 atom stereocenters. The third kappa shape index (κ3) is 4.73. The molecule has 110 valence electrons. The molecule has 0 bridgehead atoms. The molecule has 6 nitrogen and oxygen atoms in total. The molecular weight excluding hydrogens is 328 g/mol. The normalized spacial score (nSPS) is 11.6. The van der Waals surface area contributed by atoms with Crippen LogP contribution < -0.4 is 15.4 Å². The molecule has 3 N–H and O–H groups in total. The first-order valence-electron chi connectivity index (χ1n) is 6.11. The number of carbonyl (C=O) groups is 2. The number of hydrogen-bond donors (Lipinski definition) is 3. The van der Waals surface area contributed by atoms with E-state index in [-0.39, 0.29) is 0 Å². The molecule has 20 heavy (non-hydrogen) atoms. The molecule has 0 aliphatic rings. The summed E-state index contributed by atoms with van der Waals surface area (Å²) in [5.41, 5.74) is 0.517. The Morgan fingerprint density at radius 1 is 1.45 bits per heavy atom. The number of carbonyl (C=O) groups excluding carboxylic acids is 1. The van der Waals surface area contributed by atoms with Gasteiger partial charge in [0.15, 0.2) is 0 Å². The number of carboxylic acids is 1. The van der Waals surface area contributed by atoms with Crippen LogP contribution in [0.15, 0.2) is 22.7 Å². The lowest BCUT2D eigenvalue weighted by Gasteiger charge is -2.14. The lowest BCUT2D eigenvalue weighted by atomic mass is 10.2. The Bertz CT molecular complexity index is 493. The second kappa shape index (κ2) is 7.74. The highest BCUT2D eigenvalue weighted by atomic mass is 79.9. The molecule has 0 saturated heterocycles. The Kier molecular flexibility index (Phi) is 6.30. The van der Waals surface area contributed by atoms with Crippen molar-refractivity contribution < 1.29 is 19.4 Å². The average Bonchev–Trinajstić information content (AvgIpc) is 2.40. The molecule has 0 spiro atoms. The fourth-order valence-corrected chi connectivity index (χ4v) is 2.02. The fourth-order valence-electron chi connectivity index (χ4n) is 1.61. The van der Waals surface area contributed by atoms with E-state index < -0.39 is 18.0 Å². The molecule has 7 heteroatoms. The van der Waals surface area contributed by atoms with Gasteiger partial charge >= 0.3 is 12.0 Å². The monoisotopic (exact) mass is 344 g/mol. The van der Waals surface area contributed by atoms with Gasteiger partial charge in [0, 0.05) is 11.8 Å². The van der Waals surface area contributed by atoms with Gasteiger partial charge in [-0.15, -0.1) is 0 Å². The number of nitrogens with one attached hydrogen (secondary N) is 2. The highest BCUT2D eigenvalue weighted by molar-refractivity contribution is 9.10. The molecule has 0 aliphatic carbocycles. The van der Waals surface area contributed by atoms with Crippen molar-refractivity contribution >= 4 is 33.6 Å². The SMILES string of the molecule is CCCC(NC(=O)Nc1ccc(Br)c(OC)c1)C(=O)O. The van der Waals surface area contributed by atoms with Gasteiger partial charge in [0.1, 0.15) is 11.8 Å². The van der Waals surface area contributed by atoms with Crippen LogP contribution in [-0.2, 0) is 4.79 Å². The number of hydrogen-bond acceptors (Lipinski definition) is 3. The van der Waals surface area contributed by atoms with E-state index in [2.05, 4.69) is 26.6 Å². The van der Waals surface area contributed by atoms with Crippen molar-refractivity contribution in [2.45, 2.75) is 25.8 Å². The zero-order valence-electron chi connectivity index (χ0n) is 11.3. The number of aliphatic carboxylic acids is 1. The van der Waals surface area contributed by atoms with Crippen LogP contribution in [0.4, 0.5) is 10.5 Å². The van der Waals surface area contributed by atoms with Gasteiger partial charge in [0.25, 0.3) is 0 Å². The molecule has 1 aromatic rings. The van der Waals surface area contributed by atoms with Gasteiger partial charge in [0.2, 0.25) is 0 Å². The Morgan fingerprint density at radius 2 is 2.15 bits per heavy atom. The first-order chi connectivity index (χ1) is 9.47. The summed E-state index contributed by atoms with van der Waals surface area (Å²) < 4.78 is 5.88. The Hall–Kier alpha value is -1.76. The molecule has 1 rings (SSSR count). The van der Waals surface area contributed by atoms with Crippen molar-refractivity contribution in [1.82, 2.24) is 5.32 Å². The summed E-state index contributed by atoms with van der Waals surface area (Å²) >= 11 is 3.31. The largest absolute Gasteiger partial charge is 0.495 e. The maximum absolute atomic E-state index is 11.7. The topological polar surface area (TPSA) is 87.7 Å². The number of benzene rings is 1. The summed E-state index contributed by atoms with van der Waals surface area (Å²) in [6.45, 7) is 1.86. The van der Waals surface area contributed by atoms with Crippen molar-refractivity contribution in [3.05, 3.63) is 22.7 Å². The highest BCUT2D eigenvalue weighted by Crippen LogP contribution is 2.27. The smallest absolute Gasteiger partial charge is 0.326 e. The number of urea groups is 1. The lowest BCUT2D eigenvalue weighted by Crippen LogP contribution is -2.42. The molecule has 1 unspecified atom stereocenters. The highest BCUT2D eigenvalue weighted by Gasteiger charge is 2.18. The zero-order valence-corrected chi connectivity index (χ0v) is 12.9. The zero-order chi connectivity index (χ0) is 15.1. The average molecular weight is 345 g/mol. The van der Waals surface area contributed by atoms with Crippen LogP contribution in [0.2, 0.25) is 0 Å². The molecule has 0 saturated carbocycles. The van der Waals surface area contributed by atoms with Gasteiger partial charge in [-0.05, 0) is 34.5 Å². The minimum absolute atomic E-state index is 0.381. The third-order valence-electron chi connectivity index (χ3n) is 2.59. The van der Waals surface area contributed by atoms with Gasteiger partial charge in [-0.2, -0.15) is 0 Å². The van der Waals surface area contributed by atoms with Crippen molar-refractivity contribution in [2.24, 2.45) is 0 Å². The summed E-state index contributed by atoms with van der Waals surface area (Å²) in [4.78, 5) is 22.7. The van der Waals surface area contributed by atoms with E-state index in [9.17, 15) is 9.59 Å². The summed E-state index contributed by atoms with van der Waals surface area (Å²) in [5, 5.41) is 14.0. The van der Waals surface area contributed by atoms with Crippen molar-refractivity contribution in [3.63, 3.8) is 0 Å². The van der Waals surface area contributed by atoms with Crippen LogP contribution in [-0.4, -0.2) is 30.3 Å². The Labute approximate surface area is 125 Å². The molecule has 0 heterocycles. The van der Waals surface area contributed by atoms with E-state index in [0.717, 1.165) is 4.47 Å². The molecule has 0 radical (unpaired) electrons. The first-order valence-corrected chi connectivity index (χ1v) is 6.91. The standard InChI is InChI=1S/C13H17BrN2O4/c1-3-4-10(12(17)18)16-13(19)15-8-5-6-9(14)11(7-8)20-2/h5-7,10H,3-4H2,1-2H3,(H,17,18)(H2,15,16,19). The predicted molar refractivity (Wildman–Crippen MR) is 79.2 cm³/mol. The molecular formula is C13H17BrN2O4. The predicted octanol–water partition coefficient (Wildman–Crippen LogP) is 2.83. The van der Waals surface area contributed by atoms with E-state index in [1.165, 1.54) is 7.11 Å². The summed E-state index contributed by atoms with van der Waals surface area (Å²) in [5.74, 6) is -0.471. The maximum atomic E-state index is 11.7. The van der Waals surface area contributed by atoms with Crippen LogP contribution in [0, 0.1) is 0 Å². The minimum Gasteiger partial charge on any atom is -0.495 e. The molecule has 1 aromatic carbocycles. The van der Waals surface area contributed by atoms with Gasteiger partial charge in [-0.25, -0.2) is 9.59 Å². The number of anilines is 1.